The molecule has 0 unspecified atom stereocenters. The zero-order valence-electron chi connectivity index (χ0n) is 16.3. The molecule has 0 aliphatic carbocycles. The number of carbonyl (C=O) groups is 1. The van der Waals surface area contributed by atoms with Gasteiger partial charge in [0.15, 0.2) is 0 Å². The van der Waals surface area contributed by atoms with Crippen LogP contribution in [0.4, 0.5) is 5.69 Å². The normalized spacial score (nSPS) is 12.3. The number of nitrogens with zero attached hydrogens (tertiary/aromatic N) is 1. The summed E-state index contributed by atoms with van der Waals surface area (Å²) >= 11 is 1.29. The van der Waals surface area contributed by atoms with Crippen molar-refractivity contribution < 1.29 is 9.53 Å². The fourth-order valence-corrected chi connectivity index (χ4v) is 3.81. The molecule has 2 aromatic carbocycles. The van der Waals surface area contributed by atoms with E-state index in [9.17, 15) is 9.59 Å². The third-order valence-electron chi connectivity index (χ3n) is 4.40. The molecule has 0 saturated carbocycles. The SMILES string of the molecule is COc1ccccc1NC(=O)C=c1sc(=Cc2cc(C)ccc2C)c(=O)n1C. The van der Waals surface area contributed by atoms with E-state index in [1.165, 1.54) is 22.0 Å². The molecule has 0 atom stereocenters. The van der Waals surface area contributed by atoms with Crippen LogP contribution in [0.2, 0.25) is 0 Å². The van der Waals surface area contributed by atoms with Gasteiger partial charge in [-0.3, -0.25) is 9.59 Å². The summed E-state index contributed by atoms with van der Waals surface area (Å²) in [5, 5.41) is 2.79. The third-order valence-corrected chi connectivity index (χ3v) is 5.51. The molecule has 5 nitrogen and oxygen atoms in total. The average Bonchev–Trinajstić information content (AvgIpc) is 2.93. The molecule has 1 amide bonds. The molecule has 0 aliphatic heterocycles. The number of nitrogens with one attached hydrogen (secondary N) is 1. The van der Waals surface area contributed by atoms with Crippen LogP contribution in [0.5, 0.6) is 5.75 Å². The summed E-state index contributed by atoms with van der Waals surface area (Å²) in [5.74, 6) is 0.257. The van der Waals surface area contributed by atoms with Crippen molar-refractivity contribution in [1.82, 2.24) is 4.57 Å². The van der Waals surface area contributed by atoms with Crippen molar-refractivity contribution in [2.45, 2.75) is 13.8 Å². The van der Waals surface area contributed by atoms with Gasteiger partial charge in [-0.2, -0.15) is 0 Å². The van der Waals surface area contributed by atoms with Gasteiger partial charge in [-0.15, -0.1) is 11.3 Å². The van der Waals surface area contributed by atoms with Crippen molar-refractivity contribution in [3.63, 3.8) is 0 Å². The minimum absolute atomic E-state index is 0.123. The van der Waals surface area contributed by atoms with Crippen LogP contribution >= 0.6 is 11.3 Å². The van der Waals surface area contributed by atoms with Gasteiger partial charge in [0.05, 0.1) is 17.3 Å². The average molecular weight is 394 g/mol. The molecule has 0 spiro atoms. The van der Waals surface area contributed by atoms with Crippen LogP contribution < -0.4 is 24.8 Å². The second kappa shape index (κ2) is 8.27. The van der Waals surface area contributed by atoms with Crippen LogP contribution in [0.25, 0.3) is 12.2 Å². The molecule has 3 aromatic rings. The van der Waals surface area contributed by atoms with E-state index in [1.54, 1.807) is 26.3 Å². The van der Waals surface area contributed by atoms with Crippen molar-refractivity contribution in [2.75, 3.05) is 12.4 Å². The Balaban J connectivity index is 1.99. The van der Waals surface area contributed by atoms with E-state index in [1.807, 2.05) is 50.3 Å². The number of anilines is 1. The van der Waals surface area contributed by atoms with Gasteiger partial charge in [0, 0.05) is 13.1 Å². The molecule has 0 aliphatic rings. The number of rotatable bonds is 4. The molecule has 0 saturated heterocycles. The lowest BCUT2D eigenvalue weighted by Gasteiger charge is -2.07. The zero-order chi connectivity index (χ0) is 20.3. The summed E-state index contributed by atoms with van der Waals surface area (Å²) < 4.78 is 7.90. The van der Waals surface area contributed by atoms with E-state index in [4.69, 9.17) is 4.74 Å². The van der Waals surface area contributed by atoms with E-state index in [-0.39, 0.29) is 11.5 Å². The van der Waals surface area contributed by atoms with Crippen molar-refractivity contribution >= 4 is 35.1 Å². The Kier molecular flexibility index (Phi) is 5.80. The Labute approximate surface area is 167 Å². The highest BCUT2D eigenvalue weighted by molar-refractivity contribution is 7.07. The monoisotopic (exact) mass is 394 g/mol. The van der Waals surface area contributed by atoms with Crippen molar-refractivity contribution in [1.29, 1.82) is 0 Å². The standard InChI is InChI=1S/C22H22N2O3S/c1-14-9-10-15(2)16(11-14)12-19-22(26)24(3)21(28-19)13-20(25)23-17-7-5-6-8-18(17)27-4/h5-13H,1-4H3,(H,23,25). The Morgan fingerprint density at radius 2 is 1.93 bits per heavy atom. The van der Waals surface area contributed by atoms with Gasteiger partial charge in [-0.25, -0.2) is 0 Å². The maximum Gasteiger partial charge on any atom is 0.268 e. The summed E-state index contributed by atoms with van der Waals surface area (Å²) in [6, 6.07) is 13.3. The zero-order valence-corrected chi connectivity index (χ0v) is 17.1. The minimum atomic E-state index is -0.320. The summed E-state index contributed by atoms with van der Waals surface area (Å²) in [7, 11) is 3.22. The van der Waals surface area contributed by atoms with Crippen molar-refractivity contribution in [2.24, 2.45) is 7.05 Å². The van der Waals surface area contributed by atoms with E-state index >= 15 is 0 Å². The number of hydrogen-bond donors (Lipinski definition) is 1. The molecule has 0 radical (unpaired) electrons. The molecule has 1 N–H and O–H groups in total. The van der Waals surface area contributed by atoms with E-state index < -0.39 is 0 Å². The van der Waals surface area contributed by atoms with Crippen LogP contribution in [-0.4, -0.2) is 17.6 Å². The number of carbonyl (C=O) groups excluding carboxylic acids is 1. The Morgan fingerprint density at radius 1 is 1.18 bits per heavy atom. The highest BCUT2D eigenvalue weighted by atomic mass is 32.1. The molecule has 1 aromatic heterocycles. The van der Waals surface area contributed by atoms with Crippen molar-refractivity contribution in [3.05, 3.63) is 78.7 Å². The number of ether oxygens (including phenoxy) is 1. The summed E-state index contributed by atoms with van der Waals surface area (Å²) in [6.07, 6.45) is 3.31. The maximum atomic E-state index is 12.6. The number of amides is 1. The number of thiazole rings is 1. The highest BCUT2D eigenvalue weighted by Crippen LogP contribution is 2.22. The van der Waals surface area contributed by atoms with Crippen LogP contribution in [0.1, 0.15) is 16.7 Å². The van der Waals surface area contributed by atoms with Gasteiger partial charge < -0.3 is 14.6 Å². The number of methoxy groups -OCH3 is 1. The van der Waals surface area contributed by atoms with E-state index in [0.29, 0.717) is 20.6 Å². The largest absolute Gasteiger partial charge is 0.495 e. The summed E-state index contributed by atoms with van der Waals surface area (Å²) in [5.41, 5.74) is 3.69. The lowest BCUT2D eigenvalue weighted by Crippen LogP contribution is -2.29. The van der Waals surface area contributed by atoms with Gasteiger partial charge in [0.25, 0.3) is 11.5 Å². The number of benzene rings is 2. The molecule has 0 fully saturated rings. The Bertz CT molecular complexity index is 1210. The van der Waals surface area contributed by atoms with Crippen molar-refractivity contribution in [3.8, 4) is 5.75 Å². The number of hydrogen-bond acceptors (Lipinski definition) is 4. The predicted octanol–water partition coefficient (Wildman–Crippen LogP) is 2.32. The number of aryl methyl sites for hydroxylation is 2. The van der Waals surface area contributed by atoms with E-state index in [0.717, 1.165) is 16.7 Å². The second-order valence-electron chi connectivity index (χ2n) is 6.51. The first kappa shape index (κ1) is 19.6. The number of para-hydroxylation sites is 2. The van der Waals surface area contributed by atoms with Crippen LogP contribution in [0.3, 0.4) is 0 Å². The smallest absolute Gasteiger partial charge is 0.268 e. The Hall–Kier alpha value is -3.12. The number of aromatic nitrogens is 1. The van der Waals surface area contributed by atoms with Crippen LogP contribution in [0.15, 0.2) is 47.3 Å². The molecule has 3 rings (SSSR count). The molecule has 144 valence electrons. The minimum Gasteiger partial charge on any atom is -0.495 e. The predicted molar refractivity (Wildman–Crippen MR) is 114 cm³/mol. The van der Waals surface area contributed by atoms with E-state index in [2.05, 4.69) is 5.32 Å². The molecular formula is C22H22N2O3S. The molecule has 0 bridgehead atoms. The van der Waals surface area contributed by atoms with Crippen LogP contribution in [-0.2, 0) is 11.8 Å². The summed E-state index contributed by atoms with van der Waals surface area (Å²) in [6.45, 7) is 4.03. The van der Waals surface area contributed by atoms with Gasteiger partial charge >= 0.3 is 0 Å². The van der Waals surface area contributed by atoms with Gasteiger partial charge in [0.2, 0.25) is 0 Å². The lowest BCUT2D eigenvalue weighted by molar-refractivity contribution is -0.110. The lowest BCUT2D eigenvalue weighted by atomic mass is 10.1. The van der Waals surface area contributed by atoms with Gasteiger partial charge in [-0.1, -0.05) is 35.9 Å². The Morgan fingerprint density at radius 3 is 2.68 bits per heavy atom. The van der Waals surface area contributed by atoms with Crippen LogP contribution in [0, 0.1) is 13.8 Å². The highest BCUT2D eigenvalue weighted by Gasteiger charge is 2.07. The first-order chi connectivity index (χ1) is 13.4. The van der Waals surface area contributed by atoms with Gasteiger partial charge in [-0.05, 0) is 43.2 Å². The van der Waals surface area contributed by atoms with Gasteiger partial charge in [0.1, 0.15) is 10.4 Å². The third kappa shape index (κ3) is 4.23. The quantitative estimate of drug-likeness (QED) is 0.739. The second-order valence-corrected chi connectivity index (χ2v) is 7.57. The molecular weight excluding hydrogens is 372 g/mol. The first-order valence-electron chi connectivity index (χ1n) is 8.79. The molecule has 28 heavy (non-hydrogen) atoms. The maximum absolute atomic E-state index is 12.6. The topological polar surface area (TPSA) is 60.3 Å². The first-order valence-corrected chi connectivity index (χ1v) is 9.61. The molecule has 1 heterocycles. The fourth-order valence-electron chi connectivity index (χ4n) is 2.79. The summed E-state index contributed by atoms with van der Waals surface area (Å²) in [4.78, 5) is 25.0. The fraction of sp³-hybridized carbons (Fsp3) is 0.182. The molecule has 6 heteroatoms.